The van der Waals surface area contributed by atoms with Crippen LogP contribution in [0, 0.1) is 0 Å². The second kappa shape index (κ2) is 10.0. The molecule has 6 nitrogen and oxygen atoms in total. The van der Waals surface area contributed by atoms with Crippen molar-refractivity contribution in [3.63, 3.8) is 0 Å². The predicted octanol–water partition coefficient (Wildman–Crippen LogP) is 6.83. The number of rotatable bonds is 7. The summed E-state index contributed by atoms with van der Waals surface area (Å²) in [5, 5.41) is 13.7. The Morgan fingerprint density at radius 3 is 2.41 bits per heavy atom. The molecular formula is C30H21N5OS. The first kappa shape index (κ1) is 22.6. The number of benzene rings is 4. The molecule has 0 saturated heterocycles. The molecule has 2 heterocycles. The fourth-order valence-electron chi connectivity index (χ4n) is 4.06. The summed E-state index contributed by atoms with van der Waals surface area (Å²) in [6, 6.07) is 33.3. The van der Waals surface area contributed by atoms with Crippen LogP contribution in [-0.2, 0) is 0 Å². The zero-order valence-electron chi connectivity index (χ0n) is 19.7. The Hall–Kier alpha value is -4.88. The van der Waals surface area contributed by atoms with Crippen molar-refractivity contribution >= 4 is 39.2 Å². The lowest BCUT2D eigenvalue weighted by molar-refractivity contribution is 0.103. The van der Waals surface area contributed by atoms with Crippen molar-refractivity contribution in [2.75, 3.05) is 5.43 Å². The van der Waals surface area contributed by atoms with Gasteiger partial charge in [0.15, 0.2) is 5.78 Å². The molecule has 0 amide bonds. The number of carbonyl (C=O) groups excluding carboxylic acids is 1. The van der Waals surface area contributed by atoms with Crippen LogP contribution >= 0.6 is 11.3 Å². The number of ketones is 1. The lowest BCUT2D eigenvalue weighted by Crippen LogP contribution is -2.02. The summed E-state index contributed by atoms with van der Waals surface area (Å²) in [6.45, 7) is 0. The minimum Gasteiger partial charge on any atom is -0.288 e. The Kier molecular flexibility index (Phi) is 6.10. The molecule has 7 heteroatoms. The largest absolute Gasteiger partial charge is 0.288 e. The van der Waals surface area contributed by atoms with Crippen LogP contribution in [-0.4, -0.2) is 26.8 Å². The first-order valence-corrected chi connectivity index (χ1v) is 12.6. The molecule has 1 N–H and O–H groups in total. The lowest BCUT2D eigenvalue weighted by atomic mass is 10.00. The molecule has 6 aromatic rings. The molecule has 0 radical (unpaired) electrons. The number of hydrogen-bond donors (Lipinski definition) is 1. The Morgan fingerprint density at radius 2 is 1.59 bits per heavy atom. The number of aromatic nitrogens is 3. The van der Waals surface area contributed by atoms with Gasteiger partial charge < -0.3 is 0 Å². The van der Waals surface area contributed by atoms with Gasteiger partial charge in [0.05, 0.1) is 17.5 Å². The maximum Gasteiger partial charge on any atom is 0.203 e. The SMILES string of the molecule is O=C(c1ccc2ccccc2c1)c1cn(-c2ccccc2)nc1-c1csc(NN=Cc2ccccc2)n1. The molecule has 178 valence electrons. The average molecular weight is 500 g/mol. The molecule has 37 heavy (non-hydrogen) atoms. The van der Waals surface area contributed by atoms with Crippen LogP contribution in [0.3, 0.4) is 0 Å². The van der Waals surface area contributed by atoms with Crippen LogP contribution < -0.4 is 5.43 Å². The number of thiazole rings is 1. The molecule has 0 aliphatic heterocycles. The van der Waals surface area contributed by atoms with E-state index in [1.807, 2.05) is 109 Å². The highest BCUT2D eigenvalue weighted by Crippen LogP contribution is 2.30. The van der Waals surface area contributed by atoms with E-state index in [2.05, 4.69) is 15.5 Å². The van der Waals surface area contributed by atoms with E-state index in [4.69, 9.17) is 5.10 Å². The fraction of sp³-hybridized carbons (Fsp3) is 0. The van der Waals surface area contributed by atoms with E-state index in [1.165, 1.54) is 11.3 Å². The van der Waals surface area contributed by atoms with Gasteiger partial charge in [-0.3, -0.25) is 10.2 Å². The van der Waals surface area contributed by atoms with E-state index in [0.717, 1.165) is 22.0 Å². The van der Waals surface area contributed by atoms with Gasteiger partial charge in [0.1, 0.15) is 11.4 Å². The van der Waals surface area contributed by atoms with Crippen LogP contribution in [0.15, 0.2) is 120 Å². The third-order valence-corrected chi connectivity index (χ3v) is 6.66. The Bertz CT molecular complexity index is 1720. The lowest BCUT2D eigenvalue weighted by Gasteiger charge is -2.03. The van der Waals surface area contributed by atoms with Gasteiger partial charge in [-0.25, -0.2) is 9.67 Å². The van der Waals surface area contributed by atoms with Crippen molar-refractivity contribution in [2.45, 2.75) is 0 Å². The van der Waals surface area contributed by atoms with Crippen molar-refractivity contribution in [3.05, 3.63) is 131 Å². The third kappa shape index (κ3) is 4.80. The molecule has 6 rings (SSSR count). The van der Waals surface area contributed by atoms with Crippen LogP contribution in [0.2, 0.25) is 0 Å². The van der Waals surface area contributed by atoms with E-state index in [-0.39, 0.29) is 5.78 Å². The molecular weight excluding hydrogens is 478 g/mol. The van der Waals surface area contributed by atoms with E-state index in [1.54, 1.807) is 17.1 Å². The number of hydrogen-bond acceptors (Lipinski definition) is 6. The van der Waals surface area contributed by atoms with Crippen molar-refractivity contribution in [3.8, 4) is 17.1 Å². The fourth-order valence-corrected chi connectivity index (χ4v) is 4.71. The van der Waals surface area contributed by atoms with Gasteiger partial charge in [-0.1, -0.05) is 84.9 Å². The average Bonchev–Trinajstić information content (AvgIpc) is 3.61. The van der Waals surface area contributed by atoms with Gasteiger partial charge in [-0.15, -0.1) is 11.3 Å². The van der Waals surface area contributed by atoms with Crippen molar-refractivity contribution in [1.82, 2.24) is 14.8 Å². The zero-order valence-corrected chi connectivity index (χ0v) is 20.5. The summed E-state index contributed by atoms with van der Waals surface area (Å²) < 4.78 is 1.73. The van der Waals surface area contributed by atoms with Gasteiger partial charge >= 0.3 is 0 Å². The summed E-state index contributed by atoms with van der Waals surface area (Å²) in [5.74, 6) is -0.104. The molecule has 4 aromatic carbocycles. The smallest absolute Gasteiger partial charge is 0.203 e. The van der Waals surface area contributed by atoms with Crippen LogP contribution in [0.25, 0.3) is 27.8 Å². The van der Waals surface area contributed by atoms with Crippen molar-refractivity contribution < 1.29 is 4.79 Å². The Morgan fingerprint density at radius 1 is 0.865 bits per heavy atom. The van der Waals surface area contributed by atoms with Crippen molar-refractivity contribution in [2.24, 2.45) is 5.10 Å². The second-order valence-corrected chi connectivity index (χ2v) is 9.24. The molecule has 0 unspecified atom stereocenters. The standard InChI is InChI=1S/C30H21N5OS/c36-29(24-16-15-22-11-7-8-12-23(22)17-24)26-19-35(25-13-5-2-6-14-25)34-28(26)27-20-37-30(32-27)33-31-18-21-9-3-1-4-10-21/h1-20H,(H,32,33). The quantitative estimate of drug-likeness (QED) is 0.149. The molecule has 0 saturated carbocycles. The van der Waals surface area contributed by atoms with Gasteiger partial charge in [0.2, 0.25) is 5.13 Å². The normalized spacial score (nSPS) is 11.2. The number of nitrogens with one attached hydrogen (secondary N) is 1. The minimum absolute atomic E-state index is 0.104. The Balaban J connectivity index is 1.36. The van der Waals surface area contributed by atoms with Crippen LogP contribution in [0.4, 0.5) is 5.13 Å². The van der Waals surface area contributed by atoms with E-state index in [9.17, 15) is 4.79 Å². The highest BCUT2D eigenvalue weighted by Gasteiger charge is 2.22. The second-order valence-electron chi connectivity index (χ2n) is 8.38. The molecule has 0 aliphatic carbocycles. The van der Waals surface area contributed by atoms with Gasteiger partial charge in [-0.2, -0.15) is 10.2 Å². The number of nitrogens with zero attached hydrogens (tertiary/aromatic N) is 4. The zero-order chi connectivity index (χ0) is 25.0. The first-order valence-electron chi connectivity index (χ1n) is 11.7. The number of para-hydroxylation sites is 1. The van der Waals surface area contributed by atoms with Gasteiger partial charge in [0, 0.05) is 17.1 Å². The number of anilines is 1. The highest BCUT2D eigenvalue weighted by molar-refractivity contribution is 7.14. The molecule has 0 bridgehead atoms. The third-order valence-electron chi connectivity index (χ3n) is 5.91. The van der Waals surface area contributed by atoms with Crippen molar-refractivity contribution in [1.29, 1.82) is 0 Å². The Labute approximate surface area is 217 Å². The number of fused-ring (bicyclic) bond motifs is 1. The summed E-state index contributed by atoms with van der Waals surface area (Å²) in [7, 11) is 0. The maximum atomic E-state index is 13.7. The molecule has 0 spiro atoms. The van der Waals surface area contributed by atoms with Gasteiger partial charge in [-0.05, 0) is 34.5 Å². The maximum absolute atomic E-state index is 13.7. The van der Waals surface area contributed by atoms with Crippen LogP contribution in [0.1, 0.15) is 21.5 Å². The molecule has 0 fully saturated rings. The summed E-state index contributed by atoms with van der Waals surface area (Å²) in [5.41, 5.74) is 7.06. The number of hydrazone groups is 1. The summed E-state index contributed by atoms with van der Waals surface area (Å²) in [6.07, 6.45) is 3.52. The highest BCUT2D eigenvalue weighted by atomic mass is 32.1. The van der Waals surface area contributed by atoms with E-state index >= 15 is 0 Å². The van der Waals surface area contributed by atoms with Crippen LogP contribution in [0.5, 0.6) is 0 Å². The monoisotopic (exact) mass is 499 g/mol. The summed E-state index contributed by atoms with van der Waals surface area (Å²) >= 11 is 1.41. The molecule has 2 aromatic heterocycles. The predicted molar refractivity (Wildman–Crippen MR) is 150 cm³/mol. The van der Waals surface area contributed by atoms with E-state index in [0.29, 0.717) is 27.6 Å². The minimum atomic E-state index is -0.104. The topological polar surface area (TPSA) is 72.2 Å². The summed E-state index contributed by atoms with van der Waals surface area (Å²) in [4.78, 5) is 18.4. The first-order chi connectivity index (χ1) is 18.2. The molecule has 0 aliphatic rings. The van der Waals surface area contributed by atoms with Gasteiger partial charge in [0.25, 0.3) is 0 Å². The number of carbonyl (C=O) groups is 1. The molecule has 0 atom stereocenters. The van der Waals surface area contributed by atoms with E-state index < -0.39 is 0 Å².